The Bertz CT molecular complexity index is 794. The number of hydrogen-bond donors (Lipinski definition) is 2. The third-order valence-corrected chi connectivity index (χ3v) is 5.54. The molecule has 2 N–H and O–H groups in total. The first kappa shape index (κ1) is 17.0. The van der Waals surface area contributed by atoms with E-state index in [2.05, 4.69) is 5.32 Å². The zero-order valence-corrected chi connectivity index (χ0v) is 14.2. The van der Waals surface area contributed by atoms with Gasteiger partial charge in [0.05, 0.1) is 5.60 Å². The average molecular weight is 358 g/mol. The number of urea groups is 1. The molecule has 0 bridgehead atoms. The number of likely N-dealkylation sites (tertiary alicyclic amines) is 1. The monoisotopic (exact) mass is 358 g/mol. The van der Waals surface area contributed by atoms with E-state index in [1.165, 1.54) is 36.4 Å². The Kier molecular flexibility index (Phi) is 4.15. The summed E-state index contributed by atoms with van der Waals surface area (Å²) in [7, 11) is 0. The van der Waals surface area contributed by atoms with Gasteiger partial charge in [0, 0.05) is 18.8 Å². The fraction of sp³-hybridized carbons (Fsp3) is 0.350. The van der Waals surface area contributed by atoms with Crippen molar-refractivity contribution in [1.82, 2.24) is 4.90 Å². The van der Waals surface area contributed by atoms with Gasteiger partial charge in [0.2, 0.25) is 0 Å². The van der Waals surface area contributed by atoms with Crippen molar-refractivity contribution in [3.63, 3.8) is 0 Å². The number of benzene rings is 2. The predicted octanol–water partition coefficient (Wildman–Crippen LogP) is 3.73. The Hall–Kier alpha value is -2.47. The van der Waals surface area contributed by atoms with Crippen molar-refractivity contribution in [3.8, 4) is 0 Å². The van der Waals surface area contributed by atoms with Gasteiger partial charge < -0.3 is 15.3 Å². The van der Waals surface area contributed by atoms with Crippen LogP contribution in [0.5, 0.6) is 0 Å². The van der Waals surface area contributed by atoms with E-state index < -0.39 is 5.60 Å². The van der Waals surface area contributed by atoms with Gasteiger partial charge in [-0.05, 0) is 66.6 Å². The number of fused-ring (bicyclic) bond motifs is 1. The minimum absolute atomic E-state index is 0.212. The predicted molar refractivity (Wildman–Crippen MR) is 93.5 cm³/mol. The van der Waals surface area contributed by atoms with Crippen molar-refractivity contribution >= 4 is 11.7 Å². The number of nitrogens with one attached hydrogen (secondary N) is 1. The quantitative estimate of drug-likeness (QED) is 0.860. The van der Waals surface area contributed by atoms with Gasteiger partial charge in [0.25, 0.3) is 0 Å². The zero-order chi connectivity index (χ0) is 18.3. The van der Waals surface area contributed by atoms with Crippen molar-refractivity contribution in [2.75, 3.05) is 18.4 Å². The summed E-state index contributed by atoms with van der Waals surface area (Å²) in [6.45, 7) is 1.14. The Labute approximate surface area is 150 Å². The van der Waals surface area contributed by atoms with Crippen molar-refractivity contribution in [2.45, 2.75) is 18.4 Å². The van der Waals surface area contributed by atoms with Crippen LogP contribution in [0.15, 0.2) is 48.5 Å². The molecule has 2 amide bonds. The van der Waals surface area contributed by atoms with E-state index in [0.29, 0.717) is 31.6 Å². The Morgan fingerprint density at radius 1 is 0.962 bits per heavy atom. The third-order valence-electron chi connectivity index (χ3n) is 5.54. The number of carbonyl (C=O) groups is 1. The van der Waals surface area contributed by atoms with Gasteiger partial charge in [0.1, 0.15) is 11.6 Å². The van der Waals surface area contributed by atoms with Crippen LogP contribution in [0.1, 0.15) is 18.4 Å². The number of anilines is 1. The smallest absolute Gasteiger partial charge is 0.321 e. The first-order valence-corrected chi connectivity index (χ1v) is 8.73. The van der Waals surface area contributed by atoms with Gasteiger partial charge in [-0.1, -0.05) is 12.1 Å². The van der Waals surface area contributed by atoms with Crippen molar-refractivity contribution < 1.29 is 18.7 Å². The van der Waals surface area contributed by atoms with Crippen LogP contribution in [0, 0.1) is 23.5 Å². The molecule has 1 heterocycles. The van der Waals surface area contributed by atoms with Gasteiger partial charge in [-0.15, -0.1) is 0 Å². The summed E-state index contributed by atoms with van der Waals surface area (Å²) in [5.41, 5.74) is 0.328. The second kappa shape index (κ2) is 6.36. The molecule has 1 aliphatic carbocycles. The first-order valence-electron chi connectivity index (χ1n) is 8.73. The first-order chi connectivity index (χ1) is 12.4. The van der Waals surface area contributed by atoms with Crippen LogP contribution < -0.4 is 5.32 Å². The SMILES string of the molecule is O=C(Nc1ccc(F)cc1)N1C[C@@H]2CC(O)(c3ccc(F)cc3)C[C@@H]2C1. The summed E-state index contributed by atoms with van der Waals surface area (Å²) in [6.07, 6.45) is 1.12. The molecule has 1 saturated heterocycles. The number of aliphatic hydroxyl groups is 1. The molecule has 136 valence electrons. The molecule has 0 aromatic heterocycles. The topological polar surface area (TPSA) is 52.6 Å². The number of carbonyl (C=O) groups excluding carboxylic acids is 1. The fourth-order valence-corrected chi connectivity index (χ4v) is 4.25. The zero-order valence-electron chi connectivity index (χ0n) is 14.2. The number of amides is 2. The van der Waals surface area contributed by atoms with Crippen molar-refractivity contribution in [2.24, 2.45) is 11.8 Å². The van der Waals surface area contributed by atoms with Crippen LogP contribution >= 0.6 is 0 Å². The number of hydrogen-bond acceptors (Lipinski definition) is 2. The molecule has 4 nitrogen and oxygen atoms in total. The summed E-state index contributed by atoms with van der Waals surface area (Å²) in [4.78, 5) is 14.2. The molecule has 26 heavy (non-hydrogen) atoms. The van der Waals surface area contributed by atoms with Crippen molar-refractivity contribution in [1.29, 1.82) is 0 Å². The molecule has 2 aromatic rings. The van der Waals surface area contributed by atoms with E-state index in [1.54, 1.807) is 17.0 Å². The second-order valence-corrected chi connectivity index (χ2v) is 7.31. The molecule has 2 aliphatic rings. The normalized spacial score (nSPS) is 27.4. The molecule has 2 fully saturated rings. The summed E-state index contributed by atoms with van der Waals surface area (Å²) in [6, 6.07) is 11.4. The third kappa shape index (κ3) is 3.17. The van der Waals surface area contributed by atoms with E-state index in [-0.39, 0.29) is 29.5 Å². The molecule has 3 atom stereocenters. The standard InChI is InChI=1S/C20H20F2N2O2/c21-16-3-1-15(2-4-16)20(26)9-13-11-24(12-14(13)10-20)19(25)23-18-7-5-17(22)6-8-18/h1-8,13-14,26H,9-12H2,(H,23,25)/t13-,14+,20?. The maximum absolute atomic E-state index is 13.1. The van der Waals surface area contributed by atoms with E-state index in [0.717, 1.165) is 5.56 Å². The molecule has 2 aromatic carbocycles. The molecule has 1 aliphatic heterocycles. The average Bonchev–Trinajstić information content (AvgIpc) is 3.13. The lowest BCUT2D eigenvalue weighted by atomic mass is 9.90. The maximum atomic E-state index is 13.1. The molecule has 0 spiro atoms. The van der Waals surface area contributed by atoms with Gasteiger partial charge in [-0.2, -0.15) is 0 Å². The highest BCUT2D eigenvalue weighted by Gasteiger charge is 2.49. The van der Waals surface area contributed by atoms with Crippen LogP contribution in [-0.4, -0.2) is 29.1 Å². The summed E-state index contributed by atoms with van der Waals surface area (Å²) < 4.78 is 26.1. The molecule has 0 radical (unpaired) electrons. The lowest BCUT2D eigenvalue weighted by Crippen LogP contribution is -2.35. The Morgan fingerprint density at radius 3 is 2.00 bits per heavy atom. The lowest BCUT2D eigenvalue weighted by molar-refractivity contribution is 0.0328. The molecule has 1 saturated carbocycles. The minimum Gasteiger partial charge on any atom is -0.385 e. The summed E-state index contributed by atoms with van der Waals surface area (Å²) in [5, 5.41) is 13.7. The lowest BCUT2D eigenvalue weighted by Gasteiger charge is -2.26. The van der Waals surface area contributed by atoms with Gasteiger partial charge in [0.15, 0.2) is 0 Å². The van der Waals surface area contributed by atoms with Crippen LogP contribution in [0.3, 0.4) is 0 Å². The van der Waals surface area contributed by atoms with E-state index in [4.69, 9.17) is 0 Å². The van der Waals surface area contributed by atoms with Gasteiger partial charge >= 0.3 is 6.03 Å². The highest BCUT2D eigenvalue weighted by Crippen LogP contribution is 2.49. The van der Waals surface area contributed by atoms with E-state index in [1.807, 2.05) is 0 Å². The molecule has 6 heteroatoms. The highest BCUT2D eigenvalue weighted by molar-refractivity contribution is 5.89. The van der Waals surface area contributed by atoms with Crippen LogP contribution in [0.25, 0.3) is 0 Å². The fourth-order valence-electron chi connectivity index (χ4n) is 4.25. The van der Waals surface area contributed by atoms with E-state index in [9.17, 15) is 18.7 Å². The maximum Gasteiger partial charge on any atom is 0.321 e. The van der Waals surface area contributed by atoms with Crippen LogP contribution in [0.2, 0.25) is 0 Å². The van der Waals surface area contributed by atoms with E-state index >= 15 is 0 Å². The second-order valence-electron chi connectivity index (χ2n) is 7.31. The van der Waals surface area contributed by atoms with Gasteiger partial charge in [-0.3, -0.25) is 0 Å². The molecular weight excluding hydrogens is 338 g/mol. The molecule has 4 rings (SSSR count). The van der Waals surface area contributed by atoms with Crippen LogP contribution in [0.4, 0.5) is 19.3 Å². The Balaban J connectivity index is 1.39. The number of nitrogens with zero attached hydrogens (tertiary/aromatic N) is 1. The summed E-state index contributed by atoms with van der Waals surface area (Å²) in [5.74, 6) is -0.244. The van der Waals surface area contributed by atoms with Crippen LogP contribution in [-0.2, 0) is 5.60 Å². The largest absolute Gasteiger partial charge is 0.385 e. The van der Waals surface area contributed by atoms with Crippen molar-refractivity contribution in [3.05, 3.63) is 65.7 Å². The number of rotatable bonds is 2. The number of halogens is 2. The van der Waals surface area contributed by atoms with Gasteiger partial charge in [-0.25, -0.2) is 13.6 Å². The highest BCUT2D eigenvalue weighted by atomic mass is 19.1. The molecule has 1 unspecified atom stereocenters. The summed E-state index contributed by atoms with van der Waals surface area (Å²) >= 11 is 0. The minimum atomic E-state index is -0.956. The molecular formula is C20H20F2N2O2. The Morgan fingerprint density at radius 2 is 1.46 bits per heavy atom.